The van der Waals surface area contributed by atoms with E-state index in [-0.39, 0.29) is 11.9 Å². The van der Waals surface area contributed by atoms with Crippen LogP contribution in [0.5, 0.6) is 0 Å². The number of nitrogens with zero attached hydrogens (tertiary/aromatic N) is 1. The van der Waals surface area contributed by atoms with Crippen molar-refractivity contribution in [1.82, 2.24) is 10.4 Å². The van der Waals surface area contributed by atoms with E-state index < -0.39 is 5.60 Å². The lowest BCUT2D eigenvalue weighted by atomic mass is 9.87. The average molecular weight is 239 g/mol. The summed E-state index contributed by atoms with van der Waals surface area (Å²) in [6.07, 6.45) is 6.72. The molecule has 1 aliphatic rings. The van der Waals surface area contributed by atoms with Crippen LogP contribution in [0, 0.1) is 5.82 Å². The number of hydrazine groups is 1. The van der Waals surface area contributed by atoms with E-state index in [1.807, 2.05) is 0 Å². The van der Waals surface area contributed by atoms with Gasteiger partial charge in [-0.15, -0.1) is 0 Å². The summed E-state index contributed by atoms with van der Waals surface area (Å²) in [5, 5.41) is 0. The Morgan fingerprint density at radius 2 is 2.24 bits per heavy atom. The van der Waals surface area contributed by atoms with Crippen molar-refractivity contribution in [3.8, 4) is 0 Å². The van der Waals surface area contributed by atoms with E-state index in [2.05, 4.69) is 10.4 Å². The van der Waals surface area contributed by atoms with Gasteiger partial charge in [0.25, 0.3) is 0 Å². The van der Waals surface area contributed by atoms with Crippen molar-refractivity contribution in [2.75, 3.05) is 7.11 Å². The molecular formula is C12H18FN3O. The molecule has 2 rings (SSSR count). The molecule has 17 heavy (non-hydrogen) atoms. The Morgan fingerprint density at radius 1 is 1.53 bits per heavy atom. The second-order valence-electron chi connectivity index (χ2n) is 4.47. The van der Waals surface area contributed by atoms with Crippen LogP contribution < -0.4 is 11.3 Å². The Hall–Kier alpha value is -1.04. The number of hydrogen-bond acceptors (Lipinski definition) is 4. The predicted octanol–water partition coefficient (Wildman–Crippen LogP) is 1.68. The van der Waals surface area contributed by atoms with Crippen LogP contribution in [0.1, 0.15) is 37.3 Å². The highest BCUT2D eigenvalue weighted by molar-refractivity contribution is 5.22. The van der Waals surface area contributed by atoms with Crippen molar-refractivity contribution in [1.29, 1.82) is 0 Å². The van der Waals surface area contributed by atoms with Gasteiger partial charge in [0, 0.05) is 18.9 Å². The van der Waals surface area contributed by atoms with Gasteiger partial charge in [-0.05, 0) is 18.9 Å². The van der Waals surface area contributed by atoms with Crippen molar-refractivity contribution in [2.24, 2.45) is 5.84 Å². The summed E-state index contributed by atoms with van der Waals surface area (Å²) in [6, 6.07) is 1.32. The summed E-state index contributed by atoms with van der Waals surface area (Å²) < 4.78 is 19.4. The number of hydrogen-bond donors (Lipinski definition) is 2. The predicted molar refractivity (Wildman–Crippen MR) is 62.5 cm³/mol. The summed E-state index contributed by atoms with van der Waals surface area (Å²) >= 11 is 0. The molecule has 0 amide bonds. The fraction of sp³-hybridized carbons (Fsp3) is 0.583. The maximum absolute atomic E-state index is 13.8. The van der Waals surface area contributed by atoms with Crippen LogP contribution in [-0.2, 0) is 4.74 Å². The minimum absolute atomic E-state index is 0.335. The zero-order valence-electron chi connectivity index (χ0n) is 9.95. The molecular weight excluding hydrogens is 221 g/mol. The zero-order valence-corrected chi connectivity index (χ0v) is 9.95. The number of methoxy groups -OCH3 is 1. The van der Waals surface area contributed by atoms with E-state index in [0.29, 0.717) is 5.56 Å². The molecule has 94 valence electrons. The molecule has 1 aromatic rings. The molecule has 0 saturated heterocycles. The molecule has 1 heterocycles. The zero-order chi connectivity index (χ0) is 12.3. The van der Waals surface area contributed by atoms with Crippen LogP contribution in [0.4, 0.5) is 4.39 Å². The van der Waals surface area contributed by atoms with Crippen molar-refractivity contribution >= 4 is 0 Å². The Bertz CT molecular complexity index is 380. The normalized spacial score (nSPS) is 20.4. The molecule has 3 N–H and O–H groups in total. The van der Waals surface area contributed by atoms with E-state index in [0.717, 1.165) is 25.7 Å². The van der Waals surface area contributed by atoms with Crippen molar-refractivity contribution in [3.05, 3.63) is 29.8 Å². The molecule has 1 aliphatic carbocycles. The second-order valence-corrected chi connectivity index (χ2v) is 4.47. The van der Waals surface area contributed by atoms with Gasteiger partial charge in [0.1, 0.15) is 5.82 Å². The van der Waals surface area contributed by atoms with Crippen molar-refractivity contribution in [3.63, 3.8) is 0 Å². The molecule has 1 aromatic heterocycles. The van der Waals surface area contributed by atoms with Gasteiger partial charge < -0.3 is 4.74 Å². The van der Waals surface area contributed by atoms with Crippen LogP contribution >= 0.6 is 0 Å². The molecule has 1 saturated carbocycles. The summed E-state index contributed by atoms with van der Waals surface area (Å²) in [5.74, 6) is 5.25. The summed E-state index contributed by atoms with van der Waals surface area (Å²) in [4.78, 5) is 3.75. The van der Waals surface area contributed by atoms with E-state index in [1.54, 1.807) is 19.4 Å². The van der Waals surface area contributed by atoms with E-state index >= 15 is 0 Å². The monoisotopic (exact) mass is 239 g/mol. The summed E-state index contributed by atoms with van der Waals surface area (Å²) in [6.45, 7) is 0. The SMILES string of the molecule is COC1(C(NN)c2ccncc2F)CCCC1. The molecule has 0 spiro atoms. The molecule has 5 heteroatoms. The topological polar surface area (TPSA) is 60.2 Å². The van der Waals surface area contributed by atoms with Gasteiger partial charge in [-0.3, -0.25) is 10.8 Å². The third kappa shape index (κ3) is 2.18. The molecule has 1 atom stereocenters. The number of rotatable bonds is 4. The number of pyridine rings is 1. The number of aromatic nitrogens is 1. The van der Waals surface area contributed by atoms with Gasteiger partial charge in [0.05, 0.1) is 17.8 Å². The van der Waals surface area contributed by atoms with Gasteiger partial charge in [0.2, 0.25) is 0 Å². The molecule has 0 radical (unpaired) electrons. The van der Waals surface area contributed by atoms with Crippen LogP contribution in [0.2, 0.25) is 0 Å². The Kier molecular flexibility index (Phi) is 3.71. The van der Waals surface area contributed by atoms with E-state index in [9.17, 15) is 4.39 Å². The molecule has 1 unspecified atom stereocenters. The lowest BCUT2D eigenvalue weighted by Crippen LogP contribution is -2.46. The highest BCUT2D eigenvalue weighted by Gasteiger charge is 2.43. The molecule has 1 fully saturated rings. The van der Waals surface area contributed by atoms with Crippen LogP contribution in [0.15, 0.2) is 18.5 Å². The van der Waals surface area contributed by atoms with Crippen LogP contribution in [-0.4, -0.2) is 17.7 Å². The first-order chi connectivity index (χ1) is 8.23. The van der Waals surface area contributed by atoms with Gasteiger partial charge in [-0.25, -0.2) is 9.82 Å². The average Bonchev–Trinajstić information content (AvgIpc) is 2.82. The fourth-order valence-electron chi connectivity index (χ4n) is 2.73. The first-order valence-corrected chi connectivity index (χ1v) is 5.84. The Morgan fingerprint density at radius 3 is 2.76 bits per heavy atom. The maximum atomic E-state index is 13.8. The smallest absolute Gasteiger partial charge is 0.146 e. The highest BCUT2D eigenvalue weighted by Crippen LogP contribution is 2.42. The van der Waals surface area contributed by atoms with E-state index in [4.69, 9.17) is 10.6 Å². The maximum Gasteiger partial charge on any atom is 0.146 e. The fourth-order valence-corrected chi connectivity index (χ4v) is 2.73. The van der Waals surface area contributed by atoms with Crippen molar-refractivity contribution in [2.45, 2.75) is 37.3 Å². The van der Waals surface area contributed by atoms with Crippen LogP contribution in [0.3, 0.4) is 0 Å². The number of ether oxygens (including phenoxy) is 1. The minimum Gasteiger partial charge on any atom is -0.376 e. The quantitative estimate of drug-likeness (QED) is 0.620. The standard InChI is InChI=1S/C12H18FN3O/c1-17-12(5-2-3-6-12)11(16-14)9-4-7-15-8-10(9)13/h4,7-8,11,16H,2-3,5-6,14H2,1H3. The third-order valence-corrected chi connectivity index (χ3v) is 3.66. The molecule has 0 aromatic carbocycles. The number of nitrogens with two attached hydrogens (primary N) is 1. The Labute approximate surface area is 100 Å². The second kappa shape index (κ2) is 5.08. The first-order valence-electron chi connectivity index (χ1n) is 5.84. The molecule has 4 nitrogen and oxygen atoms in total. The molecule has 0 bridgehead atoms. The Balaban J connectivity index is 2.36. The van der Waals surface area contributed by atoms with Gasteiger partial charge in [-0.2, -0.15) is 0 Å². The van der Waals surface area contributed by atoms with Gasteiger partial charge in [-0.1, -0.05) is 12.8 Å². The molecule has 0 aliphatic heterocycles. The van der Waals surface area contributed by atoms with Gasteiger partial charge >= 0.3 is 0 Å². The number of halogens is 1. The van der Waals surface area contributed by atoms with Crippen molar-refractivity contribution < 1.29 is 9.13 Å². The lowest BCUT2D eigenvalue weighted by molar-refractivity contribution is -0.0377. The third-order valence-electron chi connectivity index (χ3n) is 3.66. The van der Waals surface area contributed by atoms with E-state index in [1.165, 1.54) is 6.20 Å². The summed E-state index contributed by atoms with van der Waals surface area (Å²) in [7, 11) is 1.66. The highest BCUT2D eigenvalue weighted by atomic mass is 19.1. The number of nitrogens with one attached hydrogen (secondary N) is 1. The summed E-state index contributed by atoms with van der Waals surface area (Å²) in [5.41, 5.74) is 2.81. The lowest BCUT2D eigenvalue weighted by Gasteiger charge is -2.36. The van der Waals surface area contributed by atoms with Crippen LogP contribution in [0.25, 0.3) is 0 Å². The first kappa shape index (κ1) is 12.4. The largest absolute Gasteiger partial charge is 0.376 e. The van der Waals surface area contributed by atoms with Gasteiger partial charge in [0.15, 0.2) is 0 Å². The minimum atomic E-state index is -0.406.